The fourth-order valence-corrected chi connectivity index (χ4v) is 4.02. The number of nitrogens with one attached hydrogen (secondary N) is 1. The Morgan fingerprint density at radius 2 is 2.04 bits per heavy atom. The Balaban J connectivity index is 1.49. The molecule has 2 aromatic rings. The van der Waals surface area contributed by atoms with E-state index >= 15 is 0 Å². The Labute approximate surface area is 140 Å². The summed E-state index contributed by atoms with van der Waals surface area (Å²) < 4.78 is 19.0. The smallest absolute Gasteiger partial charge is 0.287 e. The molecule has 0 radical (unpaired) electrons. The number of rotatable bonds is 3. The molecule has 24 heavy (non-hydrogen) atoms. The lowest BCUT2D eigenvalue weighted by Gasteiger charge is -2.49. The molecule has 4 nitrogen and oxygen atoms in total. The Morgan fingerprint density at radius 3 is 2.75 bits per heavy atom. The molecule has 1 aromatic heterocycles. The van der Waals surface area contributed by atoms with Crippen LogP contribution in [0.4, 0.5) is 4.39 Å². The number of carbonyl (C=O) groups is 1. The lowest BCUT2D eigenvalue weighted by atomic mass is 9.79. The van der Waals surface area contributed by atoms with Gasteiger partial charge in [-0.2, -0.15) is 0 Å². The van der Waals surface area contributed by atoms with Crippen LogP contribution in [0.1, 0.15) is 30.3 Å². The van der Waals surface area contributed by atoms with Crippen molar-refractivity contribution in [1.82, 2.24) is 10.2 Å². The molecule has 3 saturated heterocycles. The van der Waals surface area contributed by atoms with Gasteiger partial charge in [-0.1, -0.05) is 12.1 Å². The Bertz CT molecular complexity index is 747. The van der Waals surface area contributed by atoms with Crippen molar-refractivity contribution in [2.45, 2.75) is 31.8 Å². The van der Waals surface area contributed by atoms with Crippen molar-refractivity contribution in [2.24, 2.45) is 5.92 Å². The molecule has 126 valence electrons. The average molecular weight is 328 g/mol. The summed E-state index contributed by atoms with van der Waals surface area (Å²) in [6.45, 7) is 4.43. The van der Waals surface area contributed by atoms with Gasteiger partial charge in [0.15, 0.2) is 5.76 Å². The monoisotopic (exact) mass is 328 g/mol. The molecule has 0 saturated carbocycles. The molecular formula is C19H21FN2O2. The van der Waals surface area contributed by atoms with E-state index in [4.69, 9.17) is 4.42 Å². The van der Waals surface area contributed by atoms with E-state index in [9.17, 15) is 9.18 Å². The highest BCUT2D eigenvalue weighted by molar-refractivity contribution is 5.92. The van der Waals surface area contributed by atoms with Crippen LogP contribution in [0.2, 0.25) is 0 Å². The summed E-state index contributed by atoms with van der Waals surface area (Å²) in [6.07, 6.45) is 2.28. The van der Waals surface area contributed by atoms with Crippen LogP contribution in [0.15, 0.2) is 40.8 Å². The maximum absolute atomic E-state index is 13.3. The number of benzene rings is 1. The van der Waals surface area contributed by atoms with Crippen LogP contribution < -0.4 is 5.32 Å². The van der Waals surface area contributed by atoms with Gasteiger partial charge in [0.1, 0.15) is 11.6 Å². The van der Waals surface area contributed by atoms with E-state index in [1.807, 2.05) is 0 Å². The molecule has 1 aromatic carbocycles. The highest BCUT2D eigenvalue weighted by Gasteiger charge is 2.40. The third-order valence-electron chi connectivity index (χ3n) is 5.41. The predicted octanol–water partition coefficient (Wildman–Crippen LogP) is 3.30. The zero-order valence-electron chi connectivity index (χ0n) is 13.7. The molecule has 1 N–H and O–H groups in total. The van der Waals surface area contributed by atoms with Gasteiger partial charge in [0, 0.05) is 17.6 Å². The first-order valence-electron chi connectivity index (χ1n) is 8.52. The molecule has 3 aliphatic rings. The Kier molecular flexibility index (Phi) is 3.88. The van der Waals surface area contributed by atoms with Crippen molar-refractivity contribution in [3.05, 3.63) is 48.0 Å². The minimum absolute atomic E-state index is 0.169. The Hall–Kier alpha value is -2.14. The van der Waals surface area contributed by atoms with Gasteiger partial charge in [-0.3, -0.25) is 9.69 Å². The van der Waals surface area contributed by atoms with Gasteiger partial charge in [0.25, 0.3) is 5.91 Å². The molecule has 2 atom stereocenters. The average Bonchev–Trinajstić information content (AvgIpc) is 3.09. The first-order chi connectivity index (χ1) is 11.6. The molecule has 0 unspecified atom stereocenters. The Morgan fingerprint density at radius 1 is 1.25 bits per heavy atom. The number of furan rings is 1. The van der Waals surface area contributed by atoms with Crippen LogP contribution in [0.25, 0.3) is 11.3 Å². The van der Waals surface area contributed by atoms with Gasteiger partial charge in [-0.15, -0.1) is 0 Å². The standard InChI is InChI=1S/C19H21FN2O2/c1-12-18(13-7-9-22(12)10-8-13)21-19(23)17-6-5-16(24-17)14-3-2-4-15(20)11-14/h2-6,11-13,18H,7-10H2,1H3,(H,21,23)/t12-,18-/m0/s1. The van der Waals surface area contributed by atoms with E-state index in [1.54, 1.807) is 24.3 Å². The molecule has 5 rings (SSSR count). The molecule has 3 aliphatic heterocycles. The third kappa shape index (κ3) is 2.73. The lowest BCUT2D eigenvalue weighted by Crippen LogP contribution is -2.62. The summed E-state index contributed by atoms with van der Waals surface area (Å²) >= 11 is 0. The van der Waals surface area contributed by atoms with Crippen molar-refractivity contribution >= 4 is 5.91 Å². The highest BCUT2D eigenvalue weighted by atomic mass is 19.1. The van der Waals surface area contributed by atoms with Gasteiger partial charge in [0.05, 0.1) is 0 Å². The summed E-state index contributed by atoms with van der Waals surface area (Å²) in [5.74, 6) is 0.811. The van der Waals surface area contributed by atoms with Crippen LogP contribution in [0.5, 0.6) is 0 Å². The third-order valence-corrected chi connectivity index (χ3v) is 5.41. The molecule has 1 amide bonds. The van der Waals surface area contributed by atoms with E-state index in [0.717, 1.165) is 25.9 Å². The highest BCUT2D eigenvalue weighted by Crippen LogP contribution is 2.32. The molecular weight excluding hydrogens is 307 g/mol. The number of halogens is 1. The van der Waals surface area contributed by atoms with Crippen molar-refractivity contribution in [2.75, 3.05) is 13.1 Å². The number of hydrogen-bond acceptors (Lipinski definition) is 3. The summed E-state index contributed by atoms with van der Waals surface area (Å²) in [7, 11) is 0. The predicted molar refractivity (Wildman–Crippen MR) is 89.1 cm³/mol. The minimum Gasteiger partial charge on any atom is -0.451 e. The van der Waals surface area contributed by atoms with Gasteiger partial charge in [0.2, 0.25) is 0 Å². The summed E-state index contributed by atoms with van der Waals surface area (Å²) in [5.41, 5.74) is 0.630. The summed E-state index contributed by atoms with van der Waals surface area (Å²) in [6, 6.07) is 10.1. The number of fused-ring (bicyclic) bond motifs is 3. The van der Waals surface area contributed by atoms with Crippen LogP contribution in [-0.4, -0.2) is 36.0 Å². The quantitative estimate of drug-likeness (QED) is 0.940. The minimum atomic E-state index is -0.323. The number of carbonyl (C=O) groups excluding carboxylic acids is 1. The zero-order chi connectivity index (χ0) is 16.7. The SMILES string of the molecule is C[C@H]1[C@H](NC(=O)c2ccc(-c3cccc(F)c3)o2)C2CCN1CC2. The molecule has 0 spiro atoms. The topological polar surface area (TPSA) is 45.5 Å². The first kappa shape index (κ1) is 15.4. The van der Waals surface area contributed by atoms with Crippen molar-refractivity contribution < 1.29 is 13.6 Å². The van der Waals surface area contributed by atoms with Crippen molar-refractivity contribution in [1.29, 1.82) is 0 Å². The van der Waals surface area contributed by atoms with Crippen LogP contribution >= 0.6 is 0 Å². The van der Waals surface area contributed by atoms with Crippen molar-refractivity contribution in [3.8, 4) is 11.3 Å². The second-order valence-electron chi connectivity index (χ2n) is 6.79. The van der Waals surface area contributed by atoms with Gasteiger partial charge < -0.3 is 9.73 Å². The van der Waals surface area contributed by atoms with E-state index < -0.39 is 0 Å². The number of hydrogen-bond donors (Lipinski definition) is 1. The molecule has 5 heteroatoms. The molecule has 4 heterocycles. The van der Waals surface area contributed by atoms with Gasteiger partial charge in [-0.25, -0.2) is 4.39 Å². The summed E-state index contributed by atoms with van der Waals surface area (Å²) in [4.78, 5) is 15.0. The van der Waals surface area contributed by atoms with E-state index in [-0.39, 0.29) is 23.5 Å². The number of piperidine rings is 3. The number of amides is 1. The van der Waals surface area contributed by atoms with E-state index in [0.29, 0.717) is 23.3 Å². The molecule has 2 bridgehead atoms. The molecule has 0 aliphatic carbocycles. The second-order valence-corrected chi connectivity index (χ2v) is 6.79. The fourth-order valence-electron chi connectivity index (χ4n) is 4.02. The maximum atomic E-state index is 13.3. The van der Waals surface area contributed by atoms with Gasteiger partial charge >= 0.3 is 0 Å². The fraction of sp³-hybridized carbons (Fsp3) is 0.421. The normalized spacial score (nSPS) is 28.8. The summed E-state index contributed by atoms with van der Waals surface area (Å²) in [5, 5.41) is 3.14. The second kappa shape index (κ2) is 6.06. The number of nitrogens with zero attached hydrogens (tertiary/aromatic N) is 1. The van der Waals surface area contributed by atoms with Crippen LogP contribution in [0, 0.1) is 11.7 Å². The largest absolute Gasteiger partial charge is 0.451 e. The first-order valence-corrected chi connectivity index (χ1v) is 8.52. The molecule has 3 fully saturated rings. The maximum Gasteiger partial charge on any atom is 0.287 e. The van der Waals surface area contributed by atoms with Crippen molar-refractivity contribution in [3.63, 3.8) is 0 Å². The lowest BCUT2D eigenvalue weighted by molar-refractivity contribution is 0.0211. The zero-order valence-corrected chi connectivity index (χ0v) is 13.7. The van der Waals surface area contributed by atoms with Crippen LogP contribution in [-0.2, 0) is 0 Å². The van der Waals surface area contributed by atoms with Gasteiger partial charge in [-0.05, 0) is 63.0 Å². The van der Waals surface area contributed by atoms with E-state index in [2.05, 4.69) is 17.1 Å². The van der Waals surface area contributed by atoms with Crippen LogP contribution in [0.3, 0.4) is 0 Å². The van der Waals surface area contributed by atoms with E-state index in [1.165, 1.54) is 12.1 Å².